The zero-order valence-electron chi connectivity index (χ0n) is 14.8. The zero-order valence-corrected chi connectivity index (χ0v) is 14.8. The first-order valence-corrected chi connectivity index (χ1v) is 8.75. The van der Waals surface area contributed by atoms with E-state index in [1.54, 1.807) is 24.3 Å². The molecule has 27 heavy (non-hydrogen) atoms. The second kappa shape index (κ2) is 9.38. The molecular weight excluding hydrogens is 343 g/mol. The van der Waals surface area contributed by atoms with Gasteiger partial charge < -0.3 is 15.4 Å². The first-order chi connectivity index (χ1) is 13.2. The summed E-state index contributed by atoms with van der Waals surface area (Å²) in [5, 5.41) is 5.55. The molecule has 0 aliphatic rings. The van der Waals surface area contributed by atoms with E-state index in [9.17, 15) is 9.18 Å². The first kappa shape index (κ1) is 18.5. The molecule has 0 heterocycles. The molecule has 0 unspecified atom stereocenters. The monoisotopic (exact) mass is 364 g/mol. The molecule has 0 bridgehead atoms. The maximum Gasteiger partial charge on any atom is 0.319 e. The molecule has 0 saturated carbocycles. The van der Waals surface area contributed by atoms with E-state index in [-0.39, 0.29) is 11.8 Å². The highest BCUT2D eigenvalue weighted by molar-refractivity contribution is 5.89. The molecule has 5 heteroatoms. The van der Waals surface area contributed by atoms with Crippen LogP contribution in [0.15, 0.2) is 78.9 Å². The fraction of sp³-hybridized carbons (Fsp3) is 0.136. The number of hydrogen-bond acceptors (Lipinski definition) is 2. The van der Waals surface area contributed by atoms with E-state index in [4.69, 9.17) is 4.74 Å². The van der Waals surface area contributed by atoms with E-state index in [0.717, 1.165) is 16.9 Å². The van der Waals surface area contributed by atoms with Gasteiger partial charge in [-0.15, -0.1) is 0 Å². The Morgan fingerprint density at radius 1 is 0.852 bits per heavy atom. The van der Waals surface area contributed by atoms with Crippen molar-refractivity contribution in [1.29, 1.82) is 0 Å². The first-order valence-electron chi connectivity index (χ1n) is 8.75. The molecule has 3 aromatic carbocycles. The van der Waals surface area contributed by atoms with E-state index in [1.807, 2.05) is 42.5 Å². The molecule has 0 radical (unpaired) electrons. The smallest absolute Gasteiger partial charge is 0.319 e. The molecule has 3 aromatic rings. The van der Waals surface area contributed by atoms with Gasteiger partial charge in [-0.3, -0.25) is 0 Å². The number of carbonyl (C=O) groups excluding carboxylic acids is 1. The number of amides is 2. The average molecular weight is 364 g/mol. The summed E-state index contributed by atoms with van der Waals surface area (Å²) in [6.07, 6.45) is 0.639. The summed E-state index contributed by atoms with van der Waals surface area (Å²) < 4.78 is 18.6. The SMILES string of the molecule is O=C(NCCc1ccc(F)cc1)Nc1ccc(OCc2ccccc2)cc1. The molecule has 2 N–H and O–H groups in total. The zero-order chi connectivity index (χ0) is 18.9. The Kier molecular flexibility index (Phi) is 6.41. The predicted octanol–water partition coefficient (Wildman–Crippen LogP) is 4.77. The molecular formula is C22H21FN2O2. The van der Waals surface area contributed by atoms with Gasteiger partial charge in [-0.1, -0.05) is 42.5 Å². The summed E-state index contributed by atoms with van der Waals surface area (Å²) in [6.45, 7) is 0.965. The normalized spacial score (nSPS) is 10.3. The molecule has 0 saturated heterocycles. The van der Waals surface area contributed by atoms with Crippen LogP contribution in [0.25, 0.3) is 0 Å². The highest BCUT2D eigenvalue weighted by Crippen LogP contribution is 2.17. The number of benzene rings is 3. The van der Waals surface area contributed by atoms with Crippen molar-refractivity contribution in [2.75, 3.05) is 11.9 Å². The van der Waals surface area contributed by atoms with Crippen molar-refractivity contribution in [3.8, 4) is 5.75 Å². The third-order valence-electron chi connectivity index (χ3n) is 3.97. The Balaban J connectivity index is 1.40. The van der Waals surface area contributed by atoms with Crippen molar-refractivity contribution in [3.63, 3.8) is 0 Å². The summed E-state index contributed by atoms with van der Waals surface area (Å²) in [7, 11) is 0. The second-order valence-corrected chi connectivity index (χ2v) is 6.06. The van der Waals surface area contributed by atoms with Crippen molar-refractivity contribution in [3.05, 3.63) is 95.8 Å². The average Bonchev–Trinajstić information content (AvgIpc) is 2.70. The Morgan fingerprint density at radius 3 is 2.26 bits per heavy atom. The number of carbonyl (C=O) groups is 1. The minimum Gasteiger partial charge on any atom is -0.489 e. The number of ether oxygens (including phenoxy) is 1. The summed E-state index contributed by atoms with van der Waals surface area (Å²) in [4.78, 5) is 11.9. The third kappa shape index (κ3) is 6.15. The van der Waals surface area contributed by atoms with Gasteiger partial charge in [0.25, 0.3) is 0 Å². The molecule has 4 nitrogen and oxygen atoms in total. The van der Waals surface area contributed by atoms with Crippen molar-refractivity contribution in [2.45, 2.75) is 13.0 Å². The van der Waals surface area contributed by atoms with Gasteiger partial charge in [-0.2, -0.15) is 0 Å². The van der Waals surface area contributed by atoms with Gasteiger partial charge in [0, 0.05) is 12.2 Å². The second-order valence-electron chi connectivity index (χ2n) is 6.06. The Hall–Kier alpha value is -3.34. The Labute approximate surface area is 158 Å². The van der Waals surface area contributed by atoms with Crippen LogP contribution in [-0.4, -0.2) is 12.6 Å². The maximum atomic E-state index is 12.9. The van der Waals surface area contributed by atoms with Gasteiger partial charge in [0.15, 0.2) is 0 Å². The fourth-order valence-electron chi connectivity index (χ4n) is 2.52. The van der Waals surface area contributed by atoms with Crippen LogP contribution in [0.1, 0.15) is 11.1 Å². The quantitative estimate of drug-likeness (QED) is 0.634. The van der Waals surface area contributed by atoms with E-state index in [1.165, 1.54) is 12.1 Å². The van der Waals surface area contributed by atoms with Gasteiger partial charge in [0.2, 0.25) is 0 Å². The number of urea groups is 1. The van der Waals surface area contributed by atoms with E-state index < -0.39 is 0 Å². The summed E-state index contributed by atoms with van der Waals surface area (Å²) in [5.74, 6) is 0.474. The number of hydrogen-bond donors (Lipinski definition) is 2. The Morgan fingerprint density at radius 2 is 1.56 bits per heavy atom. The van der Waals surface area contributed by atoms with Crippen LogP contribution in [0.5, 0.6) is 5.75 Å². The maximum absolute atomic E-state index is 12.9. The van der Waals surface area contributed by atoms with Gasteiger partial charge in [0.05, 0.1) is 0 Å². The molecule has 0 aromatic heterocycles. The molecule has 0 spiro atoms. The largest absolute Gasteiger partial charge is 0.489 e. The molecule has 138 valence electrons. The highest BCUT2D eigenvalue weighted by Gasteiger charge is 2.03. The molecule has 0 aliphatic carbocycles. The Bertz CT molecular complexity index is 850. The van der Waals surface area contributed by atoms with Crippen LogP contribution in [-0.2, 0) is 13.0 Å². The van der Waals surface area contributed by atoms with Crippen LogP contribution in [0, 0.1) is 5.82 Å². The van der Waals surface area contributed by atoms with Crippen molar-refractivity contribution >= 4 is 11.7 Å². The summed E-state index contributed by atoms with van der Waals surface area (Å²) >= 11 is 0. The van der Waals surface area contributed by atoms with E-state index >= 15 is 0 Å². The van der Waals surface area contributed by atoms with Gasteiger partial charge in [0.1, 0.15) is 18.2 Å². The van der Waals surface area contributed by atoms with Crippen LogP contribution >= 0.6 is 0 Å². The van der Waals surface area contributed by atoms with Gasteiger partial charge in [-0.05, 0) is 53.9 Å². The molecule has 0 atom stereocenters. The van der Waals surface area contributed by atoms with E-state index in [0.29, 0.717) is 25.3 Å². The lowest BCUT2D eigenvalue weighted by Crippen LogP contribution is -2.30. The predicted molar refractivity (Wildman–Crippen MR) is 104 cm³/mol. The van der Waals surface area contributed by atoms with Crippen LogP contribution < -0.4 is 15.4 Å². The van der Waals surface area contributed by atoms with Crippen LogP contribution in [0.2, 0.25) is 0 Å². The minimum absolute atomic E-state index is 0.263. The molecule has 3 rings (SSSR count). The van der Waals surface area contributed by atoms with Crippen molar-refractivity contribution in [2.24, 2.45) is 0 Å². The summed E-state index contributed by atoms with van der Waals surface area (Å²) in [6, 6.07) is 23.1. The van der Waals surface area contributed by atoms with Crippen LogP contribution in [0.3, 0.4) is 0 Å². The summed E-state index contributed by atoms with van der Waals surface area (Å²) in [5.41, 5.74) is 2.75. The third-order valence-corrected chi connectivity index (χ3v) is 3.97. The van der Waals surface area contributed by atoms with Gasteiger partial charge in [-0.25, -0.2) is 9.18 Å². The van der Waals surface area contributed by atoms with Crippen molar-refractivity contribution in [1.82, 2.24) is 5.32 Å². The molecule has 2 amide bonds. The lowest BCUT2D eigenvalue weighted by atomic mass is 10.1. The van der Waals surface area contributed by atoms with Crippen LogP contribution in [0.4, 0.5) is 14.9 Å². The minimum atomic E-state index is -0.282. The molecule has 0 fully saturated rings. The van der Waals surface area contributed by atoms with Crippen molar-refractivity contribution < 1.29 is 13.9 Å². The fourth-order valence-corrected chi connectivity index (χ4v) is 2.52. The van der Waals surface area contributed by atoms with Gasteiger partial charge >= 0.3 is 6.03 Å². The lowest BCUT2D eigenvalue weighted by molar-refractivity contribution is 0.252. The number of rotatable bonds is 7. The number of halogens is 1. The lowest BCUT2D eigenvalue weighted by Gasteiger charge is -2.09. The highest BCUT2D eigenvalue weighted by atomic mass is 19.1. The number of anilines is 1. The van der Waals surface area contributed by atoms with E-state index in [2.05, 4.69) is 10.6 Å². The standard InChI is InChI=1S/C22H21FN2O2/c23-19-8-6-17(7-9-19)14-15-24-22(26)25-20-10-12-21(13-11-20)27-16-18-4-2-1-3-5-18/h1-13H,14-16H2,(H2,24,25,26). The number of nitrogens with one attached hydrogen (secondary N) is 2. The topological polar surface area (TPSA) is 50.4 Å². The molecule has 0 aliphatic heterocycles.